The van der Waals surface area contributed by atoms with Crippen LogP contribution in [0.5, 0.6) is 5.75 Å². The van der Waals surface area contributed by atoms with Crippen LogP contribution in [-0.2, 0) is 17.8 Å². The summed E-state index contributed by atoms with van der Waals surface area (Å²) in [7, 11) is 1.72. The predicted octanol–water partition coefficient (Wildman–Crippen LogP) is 4.02. The number of rotatable bonds is 7. The minimum absolute atomic E-state index is 0.132. The number of fused-ring (bicyclic) bond motifs is 1. The molecular formula is C23H27N3O2S. The van der Waals surface area contributed by atoms with Crippen LogP contribution in [0.1, 0.15) is 29.8 Å². The monoisotopic (exact) mass is 409 g/mol. The number of benzene rings is 2. The Morgan fingerprint density at radius 1 is 1.17 bits per heavy atom. The zero-order valence-electron chi connectivity index (χ0n) is 16.8. The molecule has 2 aromatic carbocycles. The normalized spacial score (nSPS) is 15.5. The molecule has 152 valence electrons. The van der Waals surface area contributed by atoms with Gasteiger partial charge in [-0.25, -0.2) is 4.98 Å². The van der Waals surface area contributed by atoms with Gasteiger partial charge >= 0.3 is 0 Å². The molecule has 0 bridgehead atoms. The van der Waals surface area contributed by atoms with E-state index < -0.39 is 0 Å². The maximum absolute atomic E-state index is 12.4. The molecule has 0 unspecified atom stereocenters. The first-order valence-electron chi connectivity index (χ1n) is 10.2. The number of aromatic nitrogens is 1. The number of carbonyl (C=O) groups is 1. The van der Waals surface area contributed by atoms with Crippen molar-refractivity contribution in [2.75, 3.05) is 20.2 Å². The fourth-order valence-corrected chi connectivity index (χ4v) is 4.82. The summed E-state index contributed by atoms with van der Waals surface area (Å²) in [5.41, 5.74) is 2.24. The Hall–Kier alpha value is -2.44. The molecule has 1 aliphatic heterocycles. The summed E-state index contributed by atoms with van der Waals surface area (Å²) in [6.07, 6.45) is 3.18. The molecule has 0 radical (unpaired) electrons. The summed E-state index contributed by atoms with van der Waals surface area (Å²) in [5, 5.41) is 4.25. The number of hydrogen-bond donors (Lipinski definition) is 1. The van der Waals surface area contributed by atoms with Crippen molar-refractivity contribution in [2.24, 2.45) is 0 Å². The van der Waals surface area contributed by atoms with E-state index in [2.05, 4.69) is 33.4 Å². The second-order valence-electron chi connectivity index (χ2n) is 7.51. The van der Waals surface area contributed by atoms with E-state index >= 15 is 0 Å². The molecule has 0 saturated carbocycles. The number of para-hydroxylation sites is 2. The van der Waals surface area contributed by atoms with E-state index in [1.54, 1.807) is 18.4 Å². The van der Waals surface area contributed by atoms with Crippen LogP contribution in [0, 0.1) is 0 Å². The molecule has 1 N–H and O–H groups in total. The van der Waals surface area contributed by atoms with Crippen LogP contribution in [-0.4, -0.2) is 42.0 Å². The lowest BCUT2D eigenvalue weighted by atomic mass is 10.0. The van der Waals surface area contributed by atoms with Crippen molar-refractivity contribution in [1.29, 1.82) is 0 Å². The number of nitrogens with zero attached hydrogens (tertiary/aromatic N) is 2. The highest BCUT2D eigenvalue weighted by molar-refractivity contribution is 7.18. The third-order valence-electron chi connectivity index (χ3n) is 5.44. The molecule has 0 spiro atoms. The Morgan fingerprint density at radius 3 is 2.72 bits per heavy atom. The Balaban J connectivity index is 1.21. The number of ether oxygens (including phenoxy) is 1. The Labute approximate surface area is 175 Å². The molecule has 1 aromatic heterocycles. The predicted molar refractivity (Wildman–Crippen MR) is 117 cm³/mol. The largest absolute Gasteiger partial charge is 0.496 e. The molecule has 6 heteroatoms. The molecule has 5 nitrogen and oxygen atoms in total. The van der Waals surface area contributed by atoms with Crippen molar-refractivity contribution in [1.82, 2.24) is 15.2 Å². The van der Waals surface area contributed by atoms with Crippen molar-refractivity contribution in [3.05, 3.63) is 59.1 Å². The first-order chi connectivity index (χ1) is 14.2. The standard InChI is InChI=1S/C23H27N3O2S/c1-28-20-8-4-2-6-17(20)16-26-14-12-18(13-15-26)24-22(27)10-11-23-25-19-7-3-5-9-21(19)29-23/h2-9,18H,10-16H2,1H3,(H,24,27). The Morgan fingerprint density at radius 2 is 1.93 bits per heavy atom. The van der Waals surface area contributed by atoms with E-state index in [9.17, 15) is 4.79 Å². The van der Waals surface area contributed by atoms with Gasteiger partial charge in [0.05, 0.1) is 22.3 Å². The molecule has 0 atom stereocenters. The number of thiazole rings is 1. The van der Waals surface area contributed by atoms with Crippen LogP contribution in [0.2, 0.25) is 0 Å². The lowest BCUT2D eigenvalue weighted by Gasteiger charge is -2.32. The summed E-state index contributed by atoms with van der Waals surface area (Å²) in [4.78, 5) is 19.4. The third kappa shape index (κ3) is 5.14. The van der Waals surface area contributed by atoms with Gasteiger partial charge in [-0.1, -0.05) is 30.3 Å². The van der Waals surface area contributed by atoms with Gasteiger partial charge in [0, 0.05) is 44.1 Å². The molecule has 0 aliphatic carbocycles. The van der Waals surface area contributed by atoms with Gasteiger partial charge in [0.25, 0.3) is 0 Å². The van der Waals surface area contributed by atoms with Crippen molar-refractivity contribution in [3.8, 4) is 5.75 Å². The summed E-state index contributed by atoms with van der Waals surface area (Å²) >= 11 is 1.68. The molecule has 29 heavy (non-hydrogen) atoms. The van der Waals surface area contributed by atoms with Gasteiger partial charge in [-0.05, 0) is 31.0 Å². The highest BCUT2D eigenvalue weighted by Gasteiger charge is 2.21. The number of piperidine rings is 1. The topological polar surface area (TPSA) is 54.5 Å². The summed E-state index contributed by atoms with van der Waals surface area (Å²) in [6, 6.07) is 16.6. The van der Waals surface area contributed by atoms with Crippen molar-refractivity contribution >= 4 is 27.5 Å². The van der Waals surface area contributed by atoms with E-state index in [0.717, 1.165) is 48.7 Å². The first kappa shape index (κ1) is 19.9. The molecule has 2 heterocycles. The molecule has 1 aliphatic rings. The number of methoxy groups -OCH3 is 1. The molecule has 1 fully saturated rings. The molecule has 3 aromatic rings. The SMILES string of the molecule is COc1ccccc1CN1CCC(NC(=O)CCc2nc3ccccc3s2)CC1. The second-order valence-corrected chi connectivity index (χ2v) is 8.62. The smallest absolute Gasteiger partial charge is 0.220 e. The fraction of sp³-hybridized carbons (Fsp3) is 0.391. The number of nitrogens with one attached hydrogen (secondary N) is 1. The van der Waals surface area contributed by atoms with Crippen LogP contribution in [0.15, 0.2) is 48.5 Å². The summed E-state index contributed by atoms with van der Waals surface area (Å²) < 4.78 is 6.64. The lowest BCUT2D eigenvalue weighted by Crippen LogP contribution is -2.44. The van der Waals surface area contributed by atoms with Crippen molar-refractivity contribution < 1.29 is 9.53 Å². The van der Waals surface area contributed by atoms with Crippen LogP contribution >= 0.6 is 11.3 Å². The van der Waals surface area contributed by atoms with Gasteiger partial charge < -0.3 is 10.1 Å². The van der Waals surface area contributed by atoms with Crippen molar-refractivity contribution in [2.45, 2.75) is 38.3 Å². The highest BCUT2D eigenvalue weighted by atomic mass is 32.1. The zero-order chi connectivity index (χ0) is 20.1. The van der Waals surface area contributed by atoms with Crippen LogP contribution in [0.4, 0.5) is 0 Å². The van der Waals surface area contributed by atoms with Gasteiger partial charge in [-0.15, -0.1) is 11.3 Å². The Kier molecular flexibility index (Phi) is 6.42. The number of aryl methyl sites for hydroxylation is 1. The van der Waals surface area contributed by atoms with Gasteiger partial charge in [-0.3, -0.25) is 9.69 Å². The number of amides is 1. The van der Waals surface area contributed by atoms with E-state index in [0.29, 0.717) is 12.8 Å². The van der Waals surface area contributed by atoms with E-state index in [-0.39, 0.29) is 11.9 Å². The maximum Gasteiger partial charge on any atom is 0.220 e. The molecule has 1 amide bonds. The summed E-state index contributed by atoms with van der Waals surface area (Å²) in [5.74, 6) is 1.07. The van der Waals surface area contributed by atoms with Crippen LogP contribution < -0.4 is 10.1 Å². The molecule has 1 saturated heterocycles. The van der Waals surface area contributed by atoms with Crippen LogP contribution in [0.3, 0.4) is 0 Å². The third-order valence-corrected chi connectivity index (χ3v) is 6.54. The van der Waals surface area contributed by atoms with Crippen molar-refractivity contribution in [3.63, 3.8) is 0 Å². The maximum atomic E-state index is 12.4. The zero-order valence-corrected chi connectivity index (χ0v) is 17.6. The van der Waals surface area contributed by atoms with Gasteiger partial charge in [0.1, 0.15) is 5.75 Å². The average Bonchev–Trinajstić information content (AvgIpc) is 3.17. The number of likely N-dealkylation sites (tertiary alicyclic amines) is 1. The minimum Gasteiger partial charge on any atom is -0.496 e. The van der Waals surface area contributed by atoms with E-state index in [1.165, 1.54) is 10.3 Å². The average molecular weight is 410 g/mol. The fourth-order valence-electron chi connectivity index (χ4n) is 3.86. The second kappa shape index (κ2) is 9.37. The molecule has 4 rings (SSSR count). The van der Waals surface area contributed by atoms with Gasteiger partial charge in [0.15, 0.2) is 0 Å². The minimum atomic E-state index is 0.132. The van der Waals surface area contributed by atoms with Gasteiger partial charge in [0.2, 0.25) is 5.91 Å². The first-order valence-corrected chi connectivity index (χ1v) is 11.0. The summed E-state index contributed by atoms with van der Waals surface area (Å²) in [6.45, 7) is 2.87. The lowest BCUT2D eigenvalue weighted by molar-refractivity contribution is -0.122. The van der Waals surface area contributed by atoms with E-state index in [1.807, 2.05) is 30.3 Å². The molecular weight excluding hydrogens is 382 g/mol. The number of carbonyl (C=O) groups excluding carboxylic acids is 1. The van der Waals surface area contributed by atoms with E-state index in [4.69, 9.17) is 4.74 Å². The van der Waals surface area contributed by atoms with Crippen LogP contribution in [0.25, 0.3) is 10.2 Å². The quantitative estimate of drug-likeness (QED) is 0.640. The highest BCUT2D eigenvalue weighted by Crippen LogP contribution is 2.23. The van der Waals surface area contributed by atoms with Gasteiger partial charge in [-0.2, -0.15) is 0 Å². The Bertz CT molecular complexity index is 930. The number of hydrogen-bond acceptors (Lipinski definition) is 5.